The molecule has 0 saturated carbocycles. The number of allylic oxidation sites excluding steroid dienone is 1. The minimum Gasteiger partial charge on any atom is -0.380 e. The first-order valence-corrected chi connectivity index (χ1v) is 5.20. The highest BCUT2D eigenvalue weighted by molar-refractivity contribution is 6.19. The first-order chi connectivity index (χ1) is 7.74. The highest BCUT2D eigenvalue weighted by Gasteiger charge is 2.12. The molecule has 3 heteroatoms. The van der Waals surface area contributed by atoms with Crippen LogP contribution in [0.5, 0.6) is 0 Å². The number of likely N-dealkylation sites (N-methyl/N-ethyl adjacent to an activating group) is 1. The summed E-state index contributed by atoms with van der Waals surface area (Å²) in [6.07, 6.45) is 1.81. The molecule has 1 aromatic carbocycles. The number of benzene rings is 1. The van der Waals surface area contributed by atoms with Crippen LogP contribution in [0.4, 0.5) is 0 Å². The van der Waals surface area contributed by atoms with Crippen LogP contribution in [0, 0.1) is 0 Å². The van der Waals surface area contributed by atoms with E-state index in [-0.39, 0.29) is 5.91 Å². The van der Waals surface area contributed by atoms with Gasteiger partial charge in [-0.1, -0.05) is 30.3 Å². The lowest BCUT2D eigenvalue weighted by Crippen LogP contribution is -2.19. The van der Waals surface area contributed by atoms with Gasteiger partial charge in [-0.05, 0) is 18.1 Å². The van der Waals surface area contributed by atoms with Crippen molar-refractivity contribution in [2.45, 2.75) is 13.5 Å². The van der Waals surface area contributed by atoms with E-state index in [9.17, 15) is 4.79 Å². The molecule has 1 rings (SSSR count). The number of methoxy groups -OCH3 is 1. The van der Waals surface area contributed by atoms with E-state index in [1.54, 1.807) is 14.2 Å². The molecule has 0 unspecified atom stereocenters. The molecule has 0 aromatic heterocycles. The van der Waals surface area contributed by atoms with Gasteiger partial charge in [0.1, 0.15) is 0 Å². The molecule has 86 valence electrons. The van der Waals surface area contributed by atoms with Crippen molar-refractivity contribution >= 4 is 11.5 Å². The molecule has 0 atom stereocenters. The summed E-state index contributed by atoms with van der Waals surface area (Å²) in [5.74, 6) is -0.0777. The van der Waals surface area contributed by atoms with Crippen molar-refractivity contribution in [1.29, 1.82) is 0 Å². The van der Waals surface area contributed by atoms with E-state index in [1.165, 1.54) is 0 Å². The Balaban J connectivity index is 3.15. The zero-order valence-electron chi connectivity index (χ0n) is 9.91. The molecule has 1 N–H and O–H groups in total. The Bertz CT molecular complexity index is 397. The van der Waals surface area contributed by atoms with Gasteiger partial charge in [-0.25, -0.2) is 0 Å². The predicted octanol–water partition coefficient (Wildman–Crippen LogP) is 1.98. The minimum atomic E-state index is -0.0777. The molecular weight excluding hydrogens is 202 g/mol. The van der Waals surface area contributed by atoms with Gasteiger partial charge in [-0.2, -0.15) is 0 Å². The number of carbonyl (C=O) groups is 1. The lowest BCUT2D eigenvalue weighted by atomic mass is 9.99. The van der Waals surface area contributed by atoms with Gasteiger partial charge >= 0.3 is 0 Å². The summed E-state index contributed by atoms with van der Waals surface area (Å²) in [6, 6.07) is 7.75. The largest absolute Gasteiger partial charge is 0.380 e. The number of carbonyl (C=O) groups excluding carboxylic acids is 1. The monoisotopic (exact) mass is 219 g/mol. The molecule has 1 amide bonds. The van der Waals surface area contributed by atoms with Crippen LogP contribution >= 0.6 is 0 Å². The molecule has 0 bridgehead atoms. The Hall–Kier alpha value is -1.61. The van der Waals surface area contributed by atoms with Crippen LogP contribution in [-0.4, -0.2) is 20.1 Å². The summed E-state index contributed by atoms with van der Waals surface area (Å²) in [7, 11) is 3.27. The van der Waals surface area contributed by atoms with E-state index in [0.29, 0.717) is 12.2 Å². The first-order valence-electron chi connectivity index (χ1n) is 5.20. The average Bonchev–Trinajstić information content (AvgIpc) is 2.32. The zero-order chi connectivity index (χ0) is 12.0. The molecule has 0 aliphatic heterocycles. The Morgan fingerprint density at radius 1 is 1.44 bits per heavy atom. The van der Waals surface area contributed by atoms with E-state index in [0.717, 1.165) is 11.1 Å². The number of rotatable bonds is 4. The third-order valence-electron chi connectivity index (χ3n) is 2.37. The van der Waals surface area contributed by atoms with Crippen molar-refractivity contribution in [3.63, 3.8) is 0 Å². The highest BCUT2D eigenvalue weighted by atomic mass is 16.5. The fourth-order valence-corrected chi connectivity index (χ4v) is 1.61. The van der Waals surface area contributed by atoms with Gasteiger partial charge in [0.2, 0.25) is 0 Å². The van der Waals surface area contributed by atoms with Crippen LogP contribution in [0.1, 0.15) is 18.1 Å². The van der Waals surface area contributed by atoms with Crippen molar-refractivity contribution < 1.29 is 9.53 Å². The maximum absolute atomic E-state index is 11.7. The number of ether oxygens (including phenoxy) is 1. The first kappa shape index (κ1) is 12.5. The Morgan fingerprint density at radius 2 is 2.12 bits per heavy atom. The standard InChI is InChI=1S/C13H17NO2/c1-4-11(13(15)14-2)12-8-6-5-7-10(12)9-16-3/h4-8H,9H2,1-3H3,(H,14,15)/b11-4-. The SMILES string of the molecule is C/C=C(\C(=O)NC)c1ccccc1COC. The molecule has 0 radical (unpaired) electrons. The van der Waals surface area contributed by atoms with Crippen molar-refractivity contribution in [1.82, 2.24) is 5.32 Å². The van der Waals surface area contributed by atoms with Gasteiger partial charge in [-0.3, -0.25) is 4.79 Å². The van der Waals surface area contributed by atoms with Gasteiger partial charge in [0.05, 0.1) is 6.61 Å². The predicted molar refractivity (Wildman–Crippen MR) is 64.9 cm³/mol. The van der Waals surface area contributed by atoms with Crippen LogP contribution in [0.3, 0.4) is 0 Å². The topological polar surface area (TPSA) is 38.3 Å². The van der Waals surface area contributed by atoms with Gasteiger partial charge in [-0.15, -0.1) is 0 Å². The van der Waals surface area contributed by atoms with Gasteiger partial charge in [0, 0.05) is 19.7 Å². The number of hydrogen-bond acceptors (Lipinski definition) is 2. The maximum Gasteiger partial charge on any atom is 0.251 e. The van der Waals surface area contributed by atoms with E-state index in [2.05, 4.69) is 5.32 Å². The van der Waals surface area contributed by atoms with Crippen LogP contribution in [0.25, 0.3) is 5.57 Å². The van der Waals surface area contributed by atoms with Crippen molar-refractivity contribution in [2.75, 3.05) is 14.2 Å². The molecule has 0 heterocycles. The zero-order valence-corrected chi connectivity index (χ0v) is 9.91. The van der Waals surface area contributed by atoms with Crippen molar-refractivity contribution in [3.8, 4) is 0 Å². The van der Waals surface area contributed by atoms with Crippen molar-refractivity contribution in [2.24, 2.45) is 0 Å². The van der Waals surface area contributed by atoms with Crippen LogP contribution < -0.4 is 5.32 Å². The fraction of sp³-hybridized carbons (Fsp3) is 0.308. The van der Waals surface area contributed by atoms with Crippen LogP contribution in [0.15, 0.2) is 30.3 Å². The molecule has 0 fully saturated rings. The summed E-state index contributed by atoms with van der Waals surface area (Å²) < 4.78 is 5.12. The number of hydrogen-bond donors (Lipinski definition) is 1. The minimum absolute atomic E-state index is 0.0777. The highest BCUT2D eigenvalue weighted by Crippen LogP contribution is 2.20. The maximum atomic E-state index is 11.7. The fourth-order valence-electron chi connectivity index (χ4n) is 1.61. The normalized spacial score (nSPS) is 11.3. The van der Waals surface area contributed by atoms with Crippen LogP contribution in [0.2, 0.25) is 0 Å². The quantitative estimate of drug-likeness (QED) is 0.786. The lowest BCUT2D eigenvalue weighted by Gasteiger charge is -2.11. The van der Waals surface area contributed by atoms with Gasteiger partial charge in [0.15, 0.2) is 0 Å². The molecule has 0 spiro atoms. The summed E-state index contributed by atoms with van der Waals surface area (Å²) in [5, 5.41) is 2.64. The summed E-state index contributed by atoms with van der Waals surface area (Å²) in [4.78, 5) is 11.7. The average molecular weight is 219 g/mol. The summed E-state index contributed by atoms with van der Waals surface area (Å²) >= 11 is 0. The molecule has 3 nitrogen and oxygen atoms in total. The smallest absolute Gasteiger partial charge is 0.251 e. The second kappa shape index (κ2) is 6.08. The Morgan fingerprint density at radius 3 is 2.69 bits per heavy atom. The van der Waals surface area contributed by atoms with Gasteiger partial charge < -0.3 is 10.1 Å². The van der Waals surface area contributed by atoms with Crippen molar-refractivity contribution in [3.05, 3.63) is 41.5 Å². The Kier molecular flexibility index (Phi) is 4.73. The molecule has 0 aliphatic carbocycles. The Labute approximate surface area is 96.1 Å². The summed E-state index contributed by atoms with van der Waals surface area (Å²) in [6.45, 7) is 2.36. The van der Waals surface area contributed by atoms with E-state index >= 15 is 0 Å². The molecule has 16 heavy (non-hydrogen) atoms. The third-order valence-corrected chi connectivity index (χ3v) is 2.37. The second-order valence-electron chi connectivity index (χ2n) is 3.37. The molecule has 1 aromatic rings. The lowest BCUT2D eigenvalue weighted by molar-refractivity contribution is -0.115. The third kappa shape index (κ3) is 2.70. The summed E-state index contributed by atoms with van der Waals surface area (Å²) in [5.41, 5.74) is 2.61. The second-order valence-corrected chi connectivity index (χ2v) is 3.37. The van der Waals surface area contributed by atoms with Gasteiger partial charge in [0.25, 0.3) is 5.91 Å². The number of nitrogens with one attached hydrogen (secondary N) is 1. The van der Waals surface area contributed by atoms with E-state index in [4.69, 9.17) is 4.74 Å². The van der Waals surface area contributed by atoms with E-state index < -0.39 is 0 Å². The van der Waals surface area contributed by atoms with E-state index in [1.807, 2.05) is 37.3 Å². The van der Waals surface area contributed by atoms with Crippen LogP contribution in [-0.2, 0) is 16.1 Å². The molecular formula is C13H17NO2. The number of amides is 1. The molecule has 0 aliphatic rings. The molecule has 0 saturated heterocycles.